The Morgan fingerprint density at radius 3 is 2.28 bits per heavy atom. The van der Waals surface area contributed by atoms with Crippen LogP contribution in [-0.2, 0) is 9.59 Å². The van der Waals surface area contributed by atoms with Crippen LogP contribution in [0.25, 0.3) is 0 Å². The molecule has 4 rings (SSSR count). The molecule has 4 unspecified atom stereocenters. The SMILES string of the molecule is O=C(O)CC1CN(C(=O)C2C3C4CCC(C4)C23)C1. The molecule has 4 nitrogen and oxygen atoms in total. The van der Waals surface area contributed by atoms with Crippen LogP contribution in [0.3, 0.4) is 0 Å². The van der Waals surface area contributed by atoms with Crippen LogP contribution in [-0.4, -0.2) is 35.0 Å². The van der Waals surface area contributed by atoms with Crippen molar-refractivity contribution < 1.29 is 14.7 Å². The fourth-order valence-corrected chi connectivity index (χ4v) is 4.99. The first kappa shape index (κ1) is 10.8. The lowest BCUT2D eigenvalue weighted by molar-refractivity contribution is -0.146. The Morgan fingerprint density at radius 1 is 1.11 bits per heavy atom. The molecule has 0 spiro atoms. The molecule has 18 heavy (non-hydrogen) atoms. The van der Waals surface area contributed by atoms with E-state index in [1.54, 1.807) is 0 Å². The molecule has 3 aliphatic carbocycles. The molecule has 1 aliphatic heterocycles. The molecule has 4 fully saturated rings. The molecule has 1 saturated heterocycles. The molecule has 4 aliphatic rings. The summed E-state index contributed by atoms with van der Waals surface area (Å²) in [6.45, 7) is 1.35. The van der Waals surface area contributed by atoms with Gasteiger partial charge >= 0.3 is 5.97 Å². The Hall–Kier alpha value is -1.06. The number of likely N-dealkylation sites (tertiary alicyclic amines) is 1. The van der Waals surface area contributed by atoms with Gasteiger partial charge in [-0.3, -0.25) is 9.59 Å². The fourth-order valence-electron chi connectivity index (χ4n) is 4.99. The van der Waals surface area contributed by atoms with Gasteiger partial charge in [0.15, 0.2) is 0 Å². The smallest absolute Gasteiger partial charge is 0.303 e. The first-order valence-corrected chi connectivity index (χ1v) is 7.15. The van der Waals surface area contributed by atoms with E-state index >= 15 is 0 Å². The Kier molecular flexibility index (Phi) is 2.10. The van der Waals surface area contributed by atoms with Crippen molar-refractivity contribution >= 4 is 11.9 Å². The number of hydrogen-bond acceptors (Lipinski definition) is 2. The van der Waals surface area contributed by atoms with E-state index in [4.69, 9.17) is 5.11 Å². The second-order valence-electron chi connectivity index (χ2n) is 6.72. The van der Waals surface area contributed by atoms with Gasteiger partial charge in [0.25, 0.3) is 0 Å². The van der Waals surface area contributed by atoms with Crippen LogP contribution in [0.15, 0.2) is 0 Å². The van der Waals surface area contributed by atoms with Crippen LogP contribution in [0.5, 0.6) is 0 Å². The Bertz CT molecular complexity index is 399. The van der Waals surface area contributed by atoms with Crippen molar-refractivity contribution in [2.24, 2.45) is 35.5 Å². The molecule has 3 saturated carbocycles. The Balaban J connectivity index is 1.33. The number of rotatable bonds is 3. The van der Waals surface area contributed by atoms with E-state index in [-0.39, 0.29) is 12.3 Å². The maximum absolute atomic E-state index is 12.3. The number of carbonyl (C=O) groups is 2. The highest BCUT2D eigenvalue weighted by Gasteiger charge is 2.68. The zero-order valence-corrected chi connectivity index (χ0v) is 10.4. The summed E-state index contributed by atoms with van der Waals surface area (Å²) in [5, 5.41) is 8.70. The van der Waals surface area contributed by atoms with Crippen molar-refractivity contribution in [3.8, 4) is 0 Å². The Labute approximate surface area is 106 Å². The maximum atomic E-state index is 12.3. The molecule has 1 N–H and O–H groups in total. The van der Waals surface area contributed by atoms with Gasteiger partial charge in [0.1, 0.15) is 0 Å². The van der Waals surface area contributed by atoms with E-state index in [2.05, 4.69) is 0 Å². The van der Waals surface area contributed by atoms with Gasteiger partial charge in [-0.05, 0) is 42.9 Å². The van der Waals surface area contributed by atoms with E-state index in [1.807, 2.05) is 4.90 Å². The predicted molar refractivity (Wildman–Crippen MR) is 63.6 cm³/mol. The number of carboxylic acid groups (broad SMARTS) is 1. The van der Waals surface area contributed by atoms with E-state index in [9.17, 15) is 9.59 Å². The van der Waals surface area contributed by atoms with Gasteiger partial charge in [-0.15, -0.1) is 0 Å². The molecule has 0 radical (unpaired) electrons. The zero-order chi connectivity index (χ0) is 12.4. The van der Waals surface area contributed by atoms with Gasteiger partial charge in [-0.1, -0.05) is 0 Å². The molecule has 0 aromatic carbocycles. The molecule has 2 bridgehead atoms. The largest absolute Gasteiger partial charge is 0.481 e. The molecule has 4 heteroatoms. The van der Waals surface area contributed by atoms with Crippen LogP contribution in [0, 0.1) is 35.5 Å². The van der Waals surface area contributed by atoms with Crippen molar-refractivity contribution in [3.05, 3.63) is 0 Å². The van der Waals surface area contributed by atoms with Crippen molar-refractivity contribution in [1.29, 1.82) is 0 Å². The second kappa shape index (κ2) is 3.49. The summed E-state index contributed by atoms with van der Waals surface area (Å²) in [5.41, 5.74) is 0. The number of aliphatic carboxylic acids is 1. The Morgan fingerprint density at radius 2 is 1.72 bits per heavy atom. The number of carboxylic acids is 1. The molecular formula is C14H19NO3. The predicted octanol–water partition coefficient (Wildman–Crippen LogP) is 1.21. The van der Waals surface area contributed by atoms with Gasteiger partial charge in [0.05, 0.1) is 6.42 Å². The van der Waals surface area contributed by atoms with Crippen molar-refractivity contribution in [2.75, 3.05) is 13.1 Å². The number of fused-ring (bicyclic) bond motifs is 5. The second-order valence-corrected chi connectivity index (χ2v) is 6.72. The molecular weight excluding hydrogens is 230 g/mol. The lowest BCUT2D eigenvalue weighted by Gasteiger charge is -2.39. The summed E-state index contributed by atoms with van der Waals surface area (Å²) in [5.74, 6) is 3.19. The van der Waals surface area contributed by atoms with Gasteiger partial charge in [0.2, 0.25) is 5.91 Å². The van der Waals surface area contributed by atoms with Gasteiger partial charge in [0, 0.05) is 24.9 Å². The van der Waals surface area contributed by atoms with Crippen LogP contribution in [0.1, 0.15) is 25.7 Å². The highest BCUT2D eigenvalue weighted by Crippen LogP contribution is 2.69. The zero-order valence-electron chi connectivity index (χ0n) is 10.4. The lowest BCUT2D eigenvalue weighted by atomic mass is 9.94. The third-order valence-corrected chi connectivity index (χ3v) is 5.75. The molecule has 0 aromatic heterocycles. The molecule has 1 heterocycles. The molecule has 0 aromatic rings. The normalized spacial score (nSPS) is 44.7. The fraction of sp³-hybridized carbons (Fsp3) is 0.857. The number of carbonyl (C=O) groups excluding carboxylic acids is 1. The highest BCUT2D eigenvalue weighted by atomic mass is 16.4. The summed E-state index contributed by atoms with van der Waals surface area (Å²) < 4.78 is 0. The average molecular weight is 249 g/mol. The molecule has 4 atom stereocenters. The summed E-state index contributed by atoms with van der Waals surface area (Å²) in [6, 6.07) is 0. The topological polar surface area (TPSA) is 57.6 Å². The third kappa shape index (κ3) is 1.38. The molecule has 98 valence electrons. The van der Waals surface area contributed by atoms with E-state index in [1.165, 1.54) is 19.3 Å². The summed E-state index contributed by atoms with van der Waals surface area (Å²) in [6.07, 6.45) is 4.28. The van der Waals surface area contributed by atoms with Gasteiger partial charge in [-0.2, -0.15) is 0 Å². The molecule has 1 amide bonds. The van der Waals surface area contributed by atoms with Crippen LogP contribution >= 0.6 is 0 Å². The lowest BCUT2D eigenvalue weighted by Crippen LogP contribution is -2.51. The van der Waals surface area contributed by atoms with E-state index in [0.29, 0.717) is 36.8 Å². The van der Waals surface area contributed by atoms with E-state index < -0.39 is 5.97 Å². The average Bonchev–Trinajstić information content (AvgIpc) is 2.71. The van der Waals surface area contributed by atoms with Crippen LogP contribution in [0.4, 0.5) is 0 Å². The number of amides is 1. The number of nitrogens with zero attached hydrogens (tertiary/aromatic N) is 1. The first-order valence-electron chi connectivity index (χ1n) is 7.15. The van der Waals surface area contributed by atoms with Crippen molar-refractivity contribution in [1.82, 2.24) is 4.90 Å². The highest BCUT2D eigenvalue weighted by molar-refractivity contribution is 5.84. The summed E-state index contributed by atoms with van der Waals surface area (Å²) >= 11 is 0. The van der Waals surface area contributed by atoms with Crippen LogP contribution in [0.2, 0.25) is 0 Å². The summed E-state index contributed by atoms with van der Waals surface area (Å²) in [4.78, 5) is 24.8. The van der Waals surface area contributed by atoms with Crippen molar-refractivity contribution in [2.45, 2.75) is 25.7 Å². The minimum absolute atomic E-state index is 0.196. The van der Waals surface area contributed by atoms with Crippen molar-refractivity contribution in [3.63, 3.8) is 0 Å². The third-order valence-electron chi connectivity index (χ3n) is 5.75. The standard InChI is InChI=1S/C14H19NO3/c16-10(17)3-7-5-15(6-7)14(18)13-11-8-1-2-9(4-8)12(11)13/h7-9,11-13H,1-6H2,(H,16,17). The quantitative estimate of drug-likeness (QED) is 0.818. The van der Waals surface area contributed by atoms with Gasteiger partial charge in [-0.25, -0.2) is 0 Å². The minimum atomic E-state index is -0.742. The number of hydrogen-bond donors (Lipinski definition) is 1. The van der Waals surface area contributed by atoms with Gasteiger partial charge < -0.3 is 10.0 Å². The summed E-state index contributed by atoms with van der Waals surface area (Å²) in [7, 11) is 0. The van der Waals surface area contributed by atoms with E-state index in [0.717, 1.165) is 11.8 Å². The monoisotopic (exact) mass is 249 g/mol. The first-order chi connectivity index (χ1) is 8.65. The minimum Gasteiger partial charge on any atom is -0.481 e. The van der Waals surface area contributed by atoms with Crippen LogP contribution < -0.4 is 0 Å². The maximum Gasteiger partial charge on any atom is 0.303 e.